The fourth-order valence-corrected chi connectivity index (χ4v) is 4.43. The molecule has 2 rings (SSSR count). The van der Waals surface area contributed by atoms with Crippen LogP contribution < -0.4 is 5.32 Å². The van der Waals surface area contributed by atoms with Crippen LogP contribution in [0.3, 0.4) is 0 Å². The second-order valence-electron chi connectivity index (χ2n) is 3.75. The highest BCUT2D eigenvalue weighted by Gasteiger charge is 2.14. The highest BCUT2D eigenvalue weighted by atomic mass is 35.5. The monoisotopic (exact) mass is 284 g/mol. The van der Waals surface area contributed by atoms with Crippen molar-refractivity contribution < 1.29 is 0 Å². The van der Waals surface area contributed by atoms with Crippen molar-refractivity contribution in [2.45, 2.75) is 5.25 Å². The normalized spacial score (nSPS) is 19.6. The smallest absolute Gasteiger partial charge is 0.101 e. The zero-order valence-electron chi connectivity index (χ0n) is 9.28. The molecule has 1 aliphatic rings. The Hall–Kier alpha value is -0.500. The Bertz CT molecular complexity index is 425. The number of anilines is 1. The van der Waals surface area contributed by atoms with E-state index < -0.39 is 0 Å². The molecule has 1 heterocycles. The summed E-state index contributed by atoms with van der Waals surface area (Å²) < 4.78 is 0. The molecule has 1 saturated heterocycles. The molecule has 0 bridgehead atoms. The topological polar surface area (TPSA) is 35.8 Å². The van der Waals surface area contributed by atoms with E-state index in [-0.39, 0.29) is 0 Å². The molecule has 1 aromatic rings. The van der Waals surface area contributed by atoms with Crippen LogP contribution in [-0.2, 0) is 0 Å². The molecule has 1 atom stereocenters. The standard InChI is InChI=1S/C12H13ClN2S2/c13-10-1-2-12(9(5-10)6-14)15-7-11-8-16-3-4-17-11/h1-2,5,11,15H,3-4,7-8H2. The lowest BCUT2D eigenvalue weighted by atomic mass is 10.2. The molecule has 0 radical (unpaired) electrons. The zero-order chi connectivity index (χ0) is 12.1. The van der Waals surface area contributed by atoms with Gasteiger partial charge in [-0.25, -0.2) is 0 Å². The Kier molecular flexibility index (Phi) is 4.90. The number of nitrogens with zero attached hydrogens (tertiary/aromatic N) is 1. The molecule has 0 saturated carbocycles. The third-order valence-electron chi connectivity index (χ3n) is 2.51. The first-order valence-corrected chi connectivity index (χ1v) is 8.00. The molecule has 1 aromatic carbocycles. The van der Waals surface area contributed by atoms with Crippen molar-refractivity contribution in [2.24, 2.45) is 0 Å². The second kappa shape index (κ2) is 6.44. The van der Waals surface area contributed by atoms with Crippen molar-refractivity contribution in [3.05, 3.63) is 28.8 Å². The van der Waals surface area contributed by atoms with Crippen LogP contribution in [0.1, 0.15) is 5.56 Å². The number of halogens is 1. The van der Waals surface area contributed by atoms with Crippen LogP contribution in [0.5, 0.6) is 0 Å². The van der Waals surface area contributed by atoms with Gasteiger partial charge in [0, 0.05) is 34.1 Å². The van der Waals surface area contributed by atoms with Crippen LogP contribution in [-0.4, -0.2) is 29.1 Å². The molecule has 17 heavy (non-hydrogen) atoms. The summed E-state index contributed by atoms with van der Waals surface area (Å²) in [5, 5.41) is 13.6. The number of benzene rings is 1. The minimum Gasteiger partial charge on any atom is -0.383 e. The van der Waals surface area contributed by atoms with Gasteiger partial charge in [0.1, 0.15) is 6.07 Å². The first kappa shape index (κ1) is 12.9. The minimum atomic E-state index is 0.606. The first-order valence-electron chi connectivity index (χ1n) is 5.42. The quantitative estimate of drug-likeness (QED) is 0.922. The maximum Gasteiger partial charge on any atom is 0.101 e. The van der Waals surface area contributed by atoms with Crippen LogP contribution in [0, 0.1) is 11.3 Å². The van der Waals surface area contributed by atoms with Crippen molar-refractivity contribution in [3.63, 3.8) is 0 Å². The van der Waals surface area contributed by atoms with Gasteiger partial charge in [-0.1, -0.05) is 11.6 Å². The summed E-state index contributed by atoms with van der Waals surface area (Å²) in [6.07, 6.45) is 0. The molecule has 1 fully saturated rings. The van der Waals surface area contributed by atoms with Crippen LogP contribution in [0.2, 0.25) is 5.02 Å². The molecule has 2 nitrogen and oxygen atoms in total. The number of hydrogen-bond donors (Lipinski definition) is 1. The number of hydrogen-bond acceptors (Lipinski definition) is 4. The zero-order valence-corrected chi connectivity index (χ0v) is 11.7. The summed E-state index contributed by atoms with van der Waals surface area (Å²) in [5.74, 6) is 3.67. The average Bonchev–Trinajstić information content (AvgIpc) is 2.38. The maximum atomic E-state index is 9.02. The summed E-state index contributed by atoms with van der Waals surface area (Å²) in [5.41, 5.74) is 1.50. The summed E-state index contributed by atoms with van der Waals surface area (Å²) in [6.45, 7) is 0.911. The van der Waals surface area contributed by atoms with Gasteiger partial charge in [-0.15, -0.1) is 0 Å². The number of nitrogens with one attached hydrogen (secondary N) is 1. The van der Waals surface area contributed by atoms with Gasteiger partial charge in [0.05, 0.1) is 11.3 Å². The second-order valence-corrected chi connectivity index (χ2v) is 6.74. The fraction of sp³-hybridized carbons (Fsp3) is 0.417. The van der Waals surface area contributed by atoms with Crippen LogP contribution in [0.15, 0.2) is 18.2 Å². The van der Waals surface area contributed by atoms with Crippen LogP contribution >= 0.6 is 35.1 Å². The van der Waals surface area contributed by atoms with Gasteiger partial charge >= 0.3 is 0 Å². The molecule has 0 amide bonds. The highest BCUT2D eigenvalue weighted by Crippen LogP contribution is 2.25. The molecule has 0 aromatic heterocycles. The maximum absolute atomic E-state index is 9.02. The molecule has 0 spiro atoms. The van der Waals surface area contributed by atoms with E-state index in [2.05, 4.69) is 11.4 Å². The van der Waals surface area contributed by atoms with E-state index in [4.69, 9.17) is 16.9 Å². The van der Waals surface area contributed by atoms with Crippen LogP contribution in [0.4, 0.5) is 5.69 Å². The first-order chi connectivity index (χ1) is 8.29. The predicted molar refractivity (Wildman–Crippen MR) is 78.2 cm³/mol. The van der Waals surface area contributed by atoms with Gasteiger partial charge in [0.25, 0.3) is 0 Å². The number of thioether (sulfide) groups is 2. The Labute approximate surface area is 115 Å². The van der Waals surface area contributed by atoms with Crippen LogP contribution in [0.25, 0.3) is 0 Å². The van der Waals surface area contributed by atoms with E-state index in [1.165, 1.54) is 17.3 Å². The van der Waals surface area contributed by atoms with Crippen molar-refractivity contribution in [2.75, 3.05) is 29.1 Å². The highest BCUT2D eigenvalue weighted by molar-refractivity contribution is 8.06. The Balaban J connectivity index is 1.96. The summed E-state index contributed by atoms with van der Waals surface area (Å²) in [4.78, 5) is 0. The Morgan fingerprint density at radius 1 is 1.47 bits per heavy atom. The third kappa shape index (κ3) is 3.74. The summed E-state index contributed by atoms with van der Waals surface area (Å²) in [7, 11) is 0. The van der Waals surface area contributed by atoms with Gasteiger partial charge < -0.3 is 5.32 Å². The van der Waals surface area contributed by atoms with Crippen molar-refractivity contribution in [1.29, 1.82) is 5.26 Å². The molecule has 90 valence electrons. The van der Waals surface area contributed by atoms with Crippen molar-refractivity contribution in [1.82, 2.24) is 0 Å². The Morgan fingerprint density at radius 2 is 2.35 bits per heavy atom. The molecule has 5 heteroatoms. The molecule has 1 N–H and O–H groups in total. The molecule has 1 unspecified atom stereocenters. The molecular weight excluding hydrogens is 272 g/mol. The van der Waals surface area contributed by atoms with E-state index in [1.54, 1.807) is 6.07 Å². The number of rotatable bonds is 3. The summed E-state index contributed by atoms with van der Waals surface area (Å²) >= 11 is 9.87. The lowest BCUT2D eigenvalue weighted by Crippen LogP contribution is -2.23. The van der Waals surface area contributed by atoms with E-state index >= 15 is 0 Å². The third-order valence-corrected chi connectivity index (χ3v) is 5.59. The van der Waals surface area contributed by atoms with Crippen molar-refractivity contribution >= 4 is 40.8 Å². The largest absolute Gasteiger partial charge is 0.383 e. The van der Waals surface area contributed by atoms with E-state index in [0.29, 0.717) is 15.8 Å². The summed E-state index contributed by atoms with van der Waals surface area (Å²) in [6, 6.07) is 7.56. The van der Waals surface area contributed by atoms with E-state index in [9.17, 15) is 0 Å². The minimum absolute atomic E-state index is 0.606. The van der Waals surface area contributed by atoms with Crippen molar-refractivity contribution in [3.8, 4) is 6.07 Å². The van der Waals surface area contributed by atoms with Gasteiger partial charge in [-0.05, 0) is 18.2 Å². The van der Waals surface area contributed by atoms with Gasteiger partial charge in [0.15, 0.2) is 0 Å². The SMILES string of the molecule is N#Cc1cc(Cl)ccc1NCC1CSCCS1. The predicted octanol–water partition coefficient (Wildman–Crippen LogP) is 3.47. The molecule has 1 aliphatic heterocycles. The van der Waals surface area contributed by atoms with E-state index in [0.717, 1.165) is 12.2 Å². The van der Waals surface area contributed by atoms with E-state index in [1.807, 2.05) is 35.7 Å². The lowest BCUT2D eigenvalue weighted by molar-refractivity contribution is 1.00. The molecule has 0 aliphatic carbocycles. The number of nitriles is 1. The van der Waals surface area contributed by atoms with Gasteiger partial charge in [-0.3, -0.25) is 0 Å². The van der Waals surface area contributed by atoms with Gasteiger partial charge in [-0.2, -0.15) is 28.8 Å². The average molecular weight is 285 g/mol. The lowest BCUT2D eigenvalue weighted by Gasteiger charge is -2.21. The fourth-order valence-electron chi connectivity index (χ4n) is 1.64. The molecular formula is C12H13ClN2S2. The Morgan fingerprint density at radius 3 is 3.06 bits per heavy atom. The van der Waals surface area contributed by atoms with Gasteiger partial charge in [0.2, 0.25) is 0 Å².